The van der Waals surface area contributed by atoms with Crippen molar-refractivity contribution < 1.29 is 28.6 Å². The summed E-state index contributed by atoms with van der Waals surface area (Å²) in [5.74, 6) is -0.870. The first kappa shape index (κ1) is 58.9. The molecule has 1 atom stereocenters. The number of carbonyl (C=O) groups excluding carboxylic acids is 3. The van der Waals surface area contributed by atoms with Crippen molar-refractivity contribution in [1.29, 1.82) is 0 Å². The largest absolute Gasteiger partial charge is 0.462 e. The molecule has 0 aromatic rings. The van der Waals surface area contributed by atoms with Gasteiger partial charge in [0.05, 0.1) is 0 Å². The van der Waals surface area contributed by atoms with Gasteiger partial charge in [0.2, 0.25) is 0 Å². The van der Waals surface area contributed by atoms with Gasteiger partial charge >= 0.3 is 17.9 Å². The van der Waals surface area contributed by atoms with Gasteiger partial charge in [-0.3, -0.25) is 14.4 Å². The summed E-state index contributed by atoms with van der Waals surface area (Å²) < 4.78 is 16.8. The molecule has 0 aliphatic heterocycles. The Morgan fingerprint density at radius 3 is 0.836 bits per heavy atom. The van der Waals surface area contributed by atoms with Gasteiger partial charge in [-0.25, -0.2) is 0 Å². The number of esters is 3. The van der Waals surface area contributed by atoms with Crippen LogP contribution in [0.15, 0.2) is 24.3 Å². The van der Waals surface area contributed by atoms with Crippen molar-refractivity contribution in [2.75, 3.05) is 13.2 Å². The SMILES string of the molecule is CCCCCCC=CCCCCCCCCCC(=O)OC[C@@H](COC(=O)CCCCCCCC=CCCCCCC)OC(=O)CCCCCCCCCCCCCCCCC. The van der Waals surface area contributed by atoms with Crippen molar-refractivity contribution in [2.24, 2.45) is 0 Å². The first-order chi connectivity index (χ1) is 30.0. The van der Waals surface area contributed by atoms with Gasteiger partial charge in [-0.1, -0.05) is 225 Å². The van der Waals surface area contributed by atoms with Gasteiger partial charge < -0.3 is 14.2 Å². The normalized spacial score (nSPS) is 12.1. The zero-order valence-corrected chi connectivity index (χ0v) is 40.9. The Morgan fingerprint density at radius 2 is 0.541 bits per heavy atom. The lowest BCUT2D eigenvalue weighted by Crippen LogP contribution is -2.30. The standard InChI is InChI=1S/C55H102O6/c1-4-7-10-13-16-19-22-25-27-30-33-36-39-42-45-48-54(57)60-51-52(50-59-53(56)47-44-41-38-35-32-29-24-21-18-15-12-9-6-3)61-55(58)49-46-43-40-37-34-31-28-26-23-20-17-14-11-8-5-2/h19,21-22,24,52H,4-18,20,23,25-51H2,1-3H3/t52-/m1/s1. The van der Waals surface area contributed by atoms with E-state index in [1.165, 1.54) is 186 Å². The van der Waals surface area contributed by atoms with Crippen LogP contribution in [0.25, 0.3) is 0 Å². The van der Waals surface area contributed by atoms with Crippen LogP contribution < -0.4 is 0 Å². The lowest BCUT2D eigenvalue weighted by atomic mass is 10.0. The molecule has 6 heteroatoms. The smallest absolute Gasteiger partial charge is 0.306 e. The van der Waals surface area contributed by atoms with E-state index in [0.717, 1.165) is 64.2 Å². The van der Waals surface area contributed by atoms with Crippen molar-refractivity contribution in [3.63, 3.8) is 0 Å². The van der Waals surface area contributed by atoms with Crippen LogP contribution in [0.1, 0.15) is 290 Å². The van der Waals surface area contributed by atoms with Crippen LogP contribution in [0.2, 0.25) is 0 Å². The van der Waals surface area contributed by atoms with E-state index in [9.17, 15) is 14.4 Å². The molecular weight excluding hydrogens is 757 g/mol. The average molecular weight is 859 g/mol. The fraction of sp³-hybridized carbons (Fsp3) is 0.873. The van der Waals surface area contributed by atoms with Crippen molar-refractivity contribution in [1.82, 2.24) is 0 Å². The van der Waals surface area contributed by atoms with Crippen molar-refractivity contribution in [3.05, 3.63) is 24.3 Å². The van der Waals surface area contributed by atoms with E-state index >= 15 is 0 Å². The number of hydrogen-bond donors (Lipinski definition) is 0. The molecule has 0 heterocycles. The summed E-state index contributed by atoms with van der Waals surface area (Å²) in [5.41, 5.74) is 0. The number of ether oxygens (including phenoxy) is 3. The number of rotatable bonds is 49. The summed E-state index contributed by atoms with van der Waals surface area (Å²) in [7, 11) is 0. The van der Waals surface area contributed by atoms with Gasteiger partial charge in [0.1, 0.15) is 13.2 Å². The first-order valence-corrected chi connectivity index (χ1v) is 26.8. The highest BCUT2D eigenvalue weighted by molar-refractivity contribution is 5.71. The molecule has 6 nitrogen and oxygen atoms in total. The predicted molar refractivity (Wildman–Crippen MR) is 261 cm³/mol. The maximum Gasteiger partial charge on any atom is 0.306 e. The Hall–Kier alpha value is -2.11. The minimum Gasteiger partial charge on any atom is -0.462 e. The lowest BCUT2D eigenvalue weighted by Gasteiger charge is -2.18. The molecule has 0 aliphatic carbocycles. The highest BCUT2D eigenvalue weighted by Gasteiger charge is 2.19. The minimum absolute atomic E-state index is 0.0723. The second kappa shape index (κ2) is 50.5. The average Bonchev–Trinajstić information content (AvgIpc) is 3.26. The third-order valence-corrected chi connectivity index (χ3v) is 11.9. The van der Waals surface area contributed by atoms with E-state index < -0.39 is 6.10 Å². The maximum absolute atomic E-state index is 12.8. The Kier molecular flexibility index (Phi) is 48.8. The Bertz CT molecular complexity index is 989. The third kappa shape index (κ3) is 48.8. The first-order valence-electron chi connectivity index (χ1n) is 26.8. The molecule has 0 spiro atoms. The van der Waals surface area contributed by atoms with Gasteiger partial charge in [0.25, 0.3) is 0 Å². The molecule has 0 amide bonds. The van der Waals surface area contributed by atoms with Crippen LogP contribution in [0, 0.1) is 0 Å². The molecule has 61 heavy (non-hydrogen) atoms. The maximum atomic E-state index is 12.8. The highest BCUT2D eigenvalue weighted by Crippen LogP contribution is 2.16. The molecule has 0 unspecified atom stereocenters. The summed E-state index contributed by atoms with van der Waals surface area (Å²) in [6, 6.07) is 0. The van der Waals surface area contributed by atoms with Crippen LogP contribution in [-0.4, -0.2) is 37.2 Å². The molecule has 0 bridgehead atoms. The number of unbranched alkanes of at least 4 members (excludes halogenated alkanes) is 34. The van der Waals surface area contributed by atoms with Crippen molar-refractivity contribution >= 4 is 17.9 Å². The molecule has 0 rings (SSSR count). The Morgan fingerprint density at radius 1 is 0.311 bits per heavy atom. The summed E-state index contributed by atoms with van der Waals surface area (Å²) in [6.45, 7) is 6.63. The number of allylic oxidation sites excluding steroid dienone is 4. The van der Waals surface area contributed by atoms with E-state index in [1.807, 2.05) is 0 Å². The van der Waals surface area contributed by atoms with Crippen molar-refractivity contribution in [3.8, 4) is 0 Å². The molecule has 0 saturated heterocycles. The van der Waals surface area contributed by atoms with E-state index in [1.54, 1.807) is 0 Å². The Labute approximate surface area is 379 Å². The Balaban J connectivity index is 4.35. The van der Waals surface area contributed by atoms with Gasteiger partial charge in [-0.05, 0) is 70.6 Å². The molecule has 358 valence electrons. The van der Waals surface area contributed by atoms with Crippen LogP contribution in [-0.2, 0) is 28.6 Å². The molecular formula is C55H102O6. The van der Waals surface area contributed by atoms with E-state index in [2.05, 4.69) is 45.1 Å². The summed E-state index contributed by atoms with van der Waals surface area (Å²) >= 11 is 0. The summed E-state index contributed by atoms with van der Waals surface area (Å²) in [4.78, 5) is 38.0. The quantitative estimate of drug-likeness (QED) is 0.0262. The van der Waals surface area contributed by atoms with Crippen LogP contribution in [0.3, 0.4) is 0 Å². The van der Waals surface area contributed by atoms with E-state index in [4.69, 9.17) is 14.2 Å². The molecule has 0 N–H and O–H groups in total. The van der Waals surface area contributed by atoms with Gasteiger partial charge in [-0.2, -0.15) is 0 Å². The fourth-order valence-corrected chi connectivity index (χ4v) is 7.84. The predicted octanol–water partition coefficient (Wildman–Crippen LogP) is 17.5. The molecule has 0 radical (unpaired) electrons. The number of hydrogen-bond acceptors (Lipinski definition) is 6. The summed E-state index contributed by atoms with van der Waals surface area (Å²) in [6.07, 6.45) is 57.3. The molecule has 0 aliphatic rings. The second-order valence-electron chi connectivity index (χ2n) is 18.1. The van der Waals surface area contributed by atoms with Crippen molar-refractivity contribution in [2.45, 2.75) is 297 Å². The topological polar surface area (TPSA) is 78.9 Å². The molecule has 0 aromatic heterocycles. The van der Waals surface area contributed by atoms with E-state index in [-0.39, 0.29) is 31.1 Å². The van der Waals surface area contributed by atoms with Gasteiger partial charge in [0.15, 0.2) is 6.10 Å². The van der Waals surface area contributed by atoms with Gasteiger partial charge in [0, 0.05) is 19.3 Å². The van der Waals surface area contributed by atoms with Crippen LogP contribution in [0.5, 0.6) is 0 Å². The molecule has 0 saturated carbocycles. The second-order valence-corrected chi connectivity index (χ2v) is 18.1. The lowest BCUT2D eigenvalue weighted by molar-refractivity contribution is -0.167. The summed E-state index contributed by atoms with van der Waals surface area (Å²) in [5, 5.41) is 0. The molecule has 0 fully saturated rings. The minimum atomic E-state index is -0.771. The third-order valence-electron chi connectivity index (χ3n) is 11.9. The van der Waals surface area contributed by atoms with Crippen LogP contribution >= 0.6 is 0 Å². The highest BCUT2D eigenvalue weighted by atomic mass is 16.6. The van der Waals surface area contributed by atoms with Gasteiger partial charge in [-0.15, -0.1) is 0 Å². The number of carbonyl (C=O) groups is 3. The van der Waals surface area contributed by atoms with E-state index in [0.29, 0.717) is 19.3 Å². The van der Waals surface area contributed by atoms with Crippen LogP contribution in [0.4, 0.5) is 0 Å². The fourth-order valence-electron chi connectivity index (χ4n) is 7.84. The monoisotopic (exact) mass is 859 g/mol. The zero-order chi connectivity index (χ0) is 44.4. The zero-order valence-electron chi connectivity index (χ0n) is 40.9. The molecule has 0 aromatic carbocycles.